The molecular formula is C24H32N2O2. The summed E-state index contributed by atoms with van der Waals surface area (Å²) in [5, 5.41) is 9.22. The number of hydrogen-bond donors (Lipinski definition) is 1. The summed E-state index contributed by atoms with van der Waals surface area (Å²) in [6.45, 7) is 1.95. The molecule has 2 heterocycles. The lowest BCUT2D eigenvalue weighted by atomic mass is 9.91. The van der Waals surface area contributed by atoms with Crippen LogP contribution in [0.3, 0.4) is 0 Å². The highest BCUT2D eigenvalue weighted by molar-refractivity contribution is 5.68. The van der Waals surface area contributed by atoms with E-state index in [2.05, 4.69) is 17.1 Å². The van der Waals surface area contributed by atoms with Crippen LogP contribution in [0.4, 0.5) is 0 Å². The number of aliphatic carboxylic acids is 1. The lowest BCUT2D eigenvalue weighted by molar-refractivity contribution is -0.137. The van der Waals surface area contributed by atoms with E-state index >= 15 is 0 Å². The van der Waals surface area contributed by atoms with Gasteiger partial charge in [0.05, 0.1) is 6.42 Å². The Hall–Kier alpha value is -2.23. The smallest absolute Gasteiger partial charge is 0.303 e. The third-order valence-electron chi connectivity index (χ3n) is 5.80. The van der Waals surface area contributed by atoms with Crippen molar-refractivity contribution >= 4 is 5.97 Å². The number of rotatable bonds is 10. The molecule has 1 aliphatic rings. The number of pyridine rings is 2. The molecule has 3 rings (SSSR count). The predicted molar refractivity (Wildman–Crippen MR) is 112 cm³/mol. The zero-order chi connectivity index (χ0) is 19.8. The zero-order valence-electron chi connectivity index (χ0n) is 17.0. The molecule has 0 spiro atoms. The number of nitrogens with zero attached hydrogens (tertiary/aromatic N) is 2. The normalized spacial score (nSPS) is 14.5. The van der Waals surface area contributed by atoms with E-state index in [-0.39, 0.29) is 12.3 Å². The lowest BCUT2D eigenvalue weighted by Crippen LogP contribution is -2.07. The van der Waals surface area contributed by atoms with Gasteiger partial charge < -0.3 is 5.11 Å². The molecule has 0 aliphatic heterocycles. The van der Waals surface area contributed by atoms with Crippen LogP contribution >= 0.6 is 0 Å². The van der Waals surface area contributed by atoms with Crippen molar-refractivity contribution in [1.29, 1.82) is 0 Å². The highest BCUT2D eigenvalue weighted by Crippen LogP contribution is 2.26. The molecule has 1 aliphatic carbocycles. The molecule has 4 nitrogen and oxygen atoms in total. The van der Waals surface area contributed by atoms with Crippen LogP contribution < -0.4 is 0 Å². The molecule has 28 heavy (non-hydrogen) atoms. The number of carboxylic acid groups (broad SMARTS) is 1. The lowest BCUT2D eigenvalue weighted by Gasteiger charge is -2.16. The molecule has 4 heteroatoms. The summed E-state index contributed by atoms with van der Waals surface area (Å²) >= 11 is 0. The number of hydrogen-bond acceptors (Lipinski definition) is 3. The second-order valence-corrected chi connectivity index (χ2v) is 8.10. The van der Waals surface area contributed by atoms with Crippen molar-refractivity contribution in [3.8, 4) is 0 Å². The van der Waals surface area contributed by atoms with E-state index < -0.39 is 5.97 Å². The van der Waals surface area contributed by atoms with Crippen LogP contribution in [0.2, 0.25) is 0 Å². The maximum atomic E-state index is 11.2. The summed E-state index contributed by atoms with van der Waals surface area (Å²) < 4.78 is 0. The first-order valence-corrected chi connectivity index (χ1v) is 10.7. The number of carboxylic acids is 1. The Morgan fingerprint density at radius 2 is 1.89 bits per heavy atom. The number of fused-ring (bicyclic) bond motifs is 1. The van der Waals surface area contributed by atoms with Gasteiger partial charge in [-0.1, -0.05) is 31.4 Å². The quantitative estimate of drug-likeness (QED) is 0.559. The Balaban J connectivity index is 1.40. The summed E-state index contributed by atoms with van der Waals surface area (Å²) in [6.07, 6.45) is 13.4. The van der Waals surface area contributed by atoms with E-state index in [9.17, 15) is 9.90 Å². The van der Waals surface area contributed by atoms with E-state index in [0.29, 0.717) is 0 Å². The van der Waals surface area contributed by atoms with Gasteiger partial charge in [0.1, 0.15) is 0 Å². The molecule has 1 atom stereocenters. The van der Waals surface area contributed by atoms with Gasteiger partial charge in [0.2, 0.25) is 0 Å². The van der Waals surface area contributed by atoms with Crippen LogP contribution in [0.25, 0.3) is 0 Å². The Bertz CT molecular complexity index is 771. The summed E-state index contributed by atoms with van der Waals surface area (Å²) in [4.78, 5) is 20.4. The molecule has 0 saturated heterocycles. The standard InChI is InChI=1S/C24H32N2O2/c1-18-12-13-21(17-25-18)20(16-24(27)28)9-4-2-3-5-10-22-15-14-19-8-6-7-11-23(19)26-22/h12-15,17,20H,2-11,16H2,1H3,(H,27,28). The largest absolute Gasteiger partial charge is 0.481 e. The average molecular weight is 381 g/mol. The molecule has 0 saturated carbocycles. The SMILES string of the molecule is Cc1ccc(C(CCCCCCc2ccc3c(n2)CCCC3)CC(=O)O)cn1. The van der Waals surface area contributed by atoms with Gasteiger partial charge >= 0.3 is 5.97 Å². The van der Waals surface area contributed by atoms with Gasteiger partial charge in [0.15, 0.2) is 0 Å². The van der Waals surface area contributed by atoms with Crippen molar-refractivity contribution in [2.75, 3.05) is 0 Å². The second-order valence-electron chi connectivity index (χ2n) is 8.10. The molecule has 2 aromatic heterocycles. The Labute approximate surface area is 168 Å². The first-order chi connectivity index (χ1) is 13.6. The zero-order valence-corrected chi connectivity index (χ0v) is 17.0. The number of aromatic nitrogens is 2. The summed E-state index contributed by atoms with van der Waals surface area (Å²) in [6, 6.07) is 8.48. The van der Waals surface area contributed by atoms with Crippen molar-refractivity contribution in [3.63, 3.8) is 0 Å². The molecule has 0 fully saturated rings. The molecular weight excluding hydrogens is 348 g/mol. The van der Waals surface area contributed by atoms with Gasteiger partial charge in [-0.05, 0) is 81.0 Å². The molecule has 0 radical (unpaired) electrons. The van der Waals surface area contributed by atoms with Gasteiger partial charge in [-0.15, -0.1) is 0 Å². The summed E-state index contributed by atoms with van der Waals surface area (Å²) in [7, 11) is 0. The van der Waals surface area contributed by atoms with E-state index in [4.69, 9.17) is 4.98 Å². The minimum absolute atomic E-state index is 0.0629. The van der Waals surface area contributed by atoms with Crippen molar-refractivity contribution in [1.82, 2.24) is 9.97 Å². The average Bonchev–Trinajstić information content (AvgIpc) is 2.70. The van der Waals surface area contributed by atoms with Gasteiger partial charge in [-0.2, -0.15) is 0 Å². The van der Waals surface area contributed by atoms with E-state index in [1.165, 1.54) is 42.6 Å². The van der Waals surface area contributed by atoms with Crippen LogP contribution in [0, 0.1) is 6.92 Å². The van der Waals surface area contributed by atoms with Gasteiger partial charge in [-0.25, -0.2) is 0 Å². The van der Waals surface area contributed by atoms with Crippen LogP contribution in [0.15, 0.2) is 30.5 Å². The van der Waals surface area contributed by atoms with E-state index in [1.54, 1.807) is 0 Å². The predicted octanol–water partition coefficient (Wildman–Crippen LogP) is 5.42. The second kappa shape index (κ2) is 10.4. The third kappa shape index (κ3) is 6.15. The minimum Gasteiger partial charge on any atom is -0.481 e. The molecule has 0 bridgehead atoms. The van der Waals surface area contributed by atoms with Crippen LogP contribution in [-0.4, -0.2) is 21.0 Å². The number of aryl methyl sites for hydroxylation is 4. The maximum absolute atomic E-state index is 11.2. The van der Waals surface area contributed by atoms with Crippen molar-refractivity contribution in [2.45, 2.75) is 83.5 Å². The topological polar surface area (TPSA) is 63.1 Å². The highest BCUT2D eigenvalue weighted by Gasteiger charge is 2.16. The van der Waals surface area contributed by atoms with E-state index in [0.717, 1.165) is 49.8 Å². The number of unbranched alkanes of at least 4 members (excludes halogenated alkanes) is 3. The fourth-order valence-electron chi connectivity index (χ4n) is 4.14. The Morgan fingerprint density at radius 3 is 2.68 bits per heavy atom. The van der Waals surface area contributed by atoms with Crippen LogP contribution in [0.1, 0.15) is 85.5 Å². The molecule has 2 aromatic rings. The maximum Gasteiger partial charge on any atom is 0.303 e. The fourth-order valence-corrected chi connectivity index (χ4v) is 4.14. The van der Waals surface area contributed by atoms with Crippen molar-refractivity contribution < 1.29 is 9.90 Å². The van der Waals surface area contributed by atoms with Gasteiger partial charge in [0, 0.05) is 23.3 Å². The molecule has 0 aromatic carbocycles. The minimum atomic E-state index is -0.732. The Morgan fingerprint density at radius 1 is 1.07 bits per heavy atom. The Kier molecular flexibility index (Phi) is 7.58. The first-order valence-electron chi connectivity index (χ1n) is 10.7. The fraction of sp³-hybridized carbons (Fsp3) is 0.542. The third-order valence-corrected chi connectivity index (χ3v) is 5.80. The van der Waals surface area contributed by atoms with Crippen LogP contribution in [0.5, 0.6) is 0 Å². The monoisotopic (exact) mass is 380 g/mol. The highest BCUT2D eigenvalue weighted by atomic mass is 16.4. The van der Waals surface area contributed by atoms with Crippen molar-refractivity contribution in [2.24, 2.45) is 0 Å². The van der Waals surface area contributed by atoms with Gasteiger partial charge in [0.25, 0.3) is 0 Å². The van der Waals surface area contributed by atoms with Gasteiger partial charge in [-0.3, -0.25) is 14.8 Å². The number of carbonyl (C=O) groups is 1. The molecule has 0 amide bonds. The molecule has 1 N–H and O–H groups in total. The molecule has 150 valence electrons. The first kappa shape index (κ1) is 20.5. The van der Waals surface area contributed by atoms with E-state index in [1.807, 2.05) is 25.3 Å². The summed E-state index contributed by atoms with van der Waals surface area (Å²) in [5.74, 6) is -0.669. The van der Waals surface area contributed by atoms with Crippen molar-refractivity contribution in [3.05, 3.63) is 58.7 Å². The molecule has 1 unspecified atom stereocenters. The van der Waals surface area contributed by atoms with Crippen LogP contribution in [-0.2, 0) is 24.1 Å². The summed E-state index contributed by atoms with van der Waals surface area (Å²) in [5.41, 5.74) is 6.02.